The minimum atomic E-state index is -0.0306. The van der Waals surface area contributed by atoms with E-state index in [1.165, 1.54) is 19.4 Å². The van der Waals surface area contributed by atoms with Crippen molar-refractivity contribution in [1.29, 1.82) is 0 Å². The first-order valence-electron chi connectivity index (χ1n) is 13.4. The molecule has 7 heteroatoms. The molecule has 0 heterocycles. The highest BCUT2D eigenvalue weighted by Gasteiger charge is 2.08. The van der Waals surface area contributed by atoms with Crippen molar-refractivity contribution in [2.24, 2.45) is 0 Å². The fourth-order valence-corrected chi connectivity index (χ4v) is 4.61. The molecule has 39 heavy (non-hydrogen) atoms. The molecule has 0 bridgehead atoms. The summed E-state index contributed by atoms with van der Waals surface area (Å²) in [7, 11) is 0. The summed E-state index contributed by atoms with van der Waals surface area (Å²) in [6.07, 6.45) is 1.49. The Bertz CT molecular complexity index is 1410. The van der Waals surface area contributed by atoms with Gasteiger partial charge < -0.3 is 24.8 Å². The van der Waals surface area contributed by atoms with Gasteiger partial charge in [-0.2, -0.15) is 0 Å². The normalized spacial score (nSPS) is 10.9. The van der Waals surface area contributed by atoms with Crippen LogP contribution in [0.5, 0.6) is 11.5 Å². The predicted octanol–water partition coefficient (Wildman–Crippen LogP) is 4.82. The molecule has 2 N–H and O–H groups in total. The summed E-state index contributed by atoms with van der Waals surface area (Å²) in [4.78, 5) is 22.4. The second kappa shape index (κ2) is 14.2. The second-order valence-electron chi connectivity index (χ2n) is 9.35. The summed E-state index contributed by atoms with van der Waals surface area (Å²) in [6.45, 7) is 5.99. The van der Waals surface area contributed by atoms with Gasteiger partial charge in [-0.3, -0.25) is 9.59 Å². The fraction of sp³-hybridized carbons (Fsp3) is 0.312. The quantitative estimate of drug-likeness (QED) is 0.229. The first-order valence-corrected chi connectivity index (χ1v) is 13.4. The summed E-state index contributed by atoms with van der Waals surface area (Å²) in [5.74, 6) is 1.55. The molecule has 0 spiro atoms. The first kappa shape index (κ1) is 27.9. The van der Waals surface area contributed by atoms with Crippen LogP contribution in [0.15, 0.2) is 72.8 Å². The van der Waals surface area contributed by atoms with Crippen LogP contribution in [0.2, 0.25) is 0 Å². The van der Waals surface area contributed by atoms with Crippen LogP contribution >= 0.6 is 0 Å². The van der Waals surface area contributed by atoms with Gasteiger partial charge in [-0.1, -0.05) is 54.6 Å². The first-order chi connectivity index (χ1) is 19.0. The fourth-order valence-electron chi connectivity index (χ4n) is 4.61. The van der Waals surface area contributed by atoms with Gasteiger partial charge in [0.05, 0.1) is 13.2 Å². The van der Waals surface area contributed by atoms with Gasteiger partial charge in [0.25, 0.3) is 0 Å². The third kappa shape index (κ3) is 8.19. The number of hydrogen-bond acceptors (Lipinski definition) is 5. The highest BCUT2D eigenvalue weighted by atomic mass is 16.5. The third-order valence-electron chi connectivity index (χ3n) is 6.41. The molecule has 0 fully saturated rings. The van der Waals surface area contributed by atoms with E-state index in [4.69, 9.17) is 14.2 Å². The van der Waals surface area contributed by atoms with Crippen molar-refractivity contribution in [1.82, 2.24) is 10.6 Å². The van der Waals surface area contributed by atoms with Gasteiger partial charge >= 0.3 is 0 Å². The Kier molecular flexibility index (Phi) is 10.1. The highest BCUT2D eigenvalue weighted by Crippen LogP contribution is 2.29. The lowest BCUT2D eigenvalue weighted by Gasteiger charge is -2.14. The minimum Gasteiger partial charge on any atom is -0.491 e. The number of ether oxygens (including phenoxy) is 3. The second-order valence-corrected chi connectivity index (χ2v) is 9.35. The lowest BCUT2D eigenvalue weighted by Crippen LogP contribution is -2.22. The number of carbonyl (C=O) groups is 2. The SMILES string of the molecule is CC(=O)NCCc1cccc2ccc(OCCOCCOc3cccc4cccc(CCNC(C)=O)c34)cc12. The summed E-state index contributed by atoms with van der Waals surface area (Å²) in [5, 5.41) is 10.2. The van der Waals surface area contributed by atoms with E-state index in [9.17, 15) is 9.59 Å². The van der Waals surface area contributed by atoms with Crippen molar-refractivity contribution in [2.75, 3.05) is 39.5 Å². The maximum atomic E-state index is 11.2. The average Bonchev–Trinajstić information content (AvgIpc) is 2.92. The molecule has 2 amide bonds. The lowest BCUT2D eigenvalue weighted by molar-refractivity contribution is -0.119. The smallest absolute Gasteiger partial charge is 0.216 e. The maximum absolute atomic E-state index is 11.2. The monoisotopic (exact) mass is 528 g/mol. The van der Waals surface area contributed by atoms with Gasteiger partial charge in [-0.25, -0.2) is 0 Å². The van der Waals surface area contributed by atoms with Crippen molar-refractivity contribution in [3.05, 3.63) is 83.9 Å². The molecule has 0 aliphatic carbocycles. The van der Waals surface area contributed by atoms with Crippen LogP contribution in [0, 0.1) is 0 Å². The van der Waals surface area contributed by atoms with Gasteiger partial charge in [-0.05, 0) is 58.3 Å². The summed E-state index contributed by atoms with van der Waals surface area (Å²) >= 11 is 0. The number of fused-ring (bicyclic) bond motifs is 2. The van der Waals surface area contributed by atoms with E-state index in [1.807, 2.05) is 36.4 Å². The van der Waals surface area contributed by atoms with Crippen LogP contribution in [0.25, 0.3) is 21.5 Å². The van der Waals surface area contributed by atoms with Crippen molar-refractivity contribution in [2.45, 2.75) is 26.7 Å². The van der Waals surface area contributed by atoms with Crippen molar-refractivity contribution < 1.29 is 23.8 Å². The average molecular weight is 529 g/mol. The summed E-state index contributed by atoms with van der Waals surface area (Å²) in [5.41, 5.74) is 2.31. The van der Waals surface area contributed by atoms with Crippen molar-refractivity contribution in [3.8, 4) is 11.5 Å². The van der Waals surface area contributed by atoms with Crippen LogP contribution in [0.3, 0.4) is 0 Å². The van der Waals surface area contributed by atoms with Gasteiger partial charge in [0.15, 0.2) is 0 Å². The van der Waals surface area contributed by atoms with E-state index in [0.29, 0.717) is 39.5 Å². The van der Waals surface area contributed by atoms with Crippen molar-refractivity contribution >= 4 is 33.4 Å². The van der Waals surface area contributed by atoms with Crippen LogP contribution < -0.4 is 20.1 Å². The van der Waals surface area contributed by atoms with Crippen LogP contribution in [-0.2, 0) is 27.2 Å². The van der Waals surface area contributed by atoms with Gasteiger partial charge in [0.1, 0.15) is 24.7 Å². The molecule has 0 unspecified atom stereocenters. The molecular weight excluding hydrogens is 492 g/mol. The van der Waals surface area contributed by atoms with Gasteiger partial charge in [0.2, 0.25) is 11.8 Å². The zero-order chi connectivity index (χ0) is 27.5. The van der Waals surface area contributed by atoms with Gasteiger partial charge in [-0.15, -0.1) is 0 Å². The molecule has 4 aromatic carbocycles. The zero-order valence-corrected chi connectivity index (χ0v) is 22.6. The molecule has 7 nitrogen and oxygen atoms in total. The lowest BCUT2D eigenvalue weighted by atomic mass is 10.0. The maximum Gasteiger partial charge on any atom is 0.216 e. The number of carbonyl (C=O) groups excluding carboxylic acids is 2. The molecule has 0 aliphatic heterocycles. The molecule has 0 saturated heterocycles. The van der Waals surface area contributed by atoms with E-state index >= 15 is 0 Å². The molecule has 4 rings (SSSR count). The number of rotatable bonds is 14. The summed E-state index contributed by atoms with van der Waals surface area (Å²) < 4.78 is 17.8. The van der Waals surface area contributed by atoms with E-state index in [1.54, 1.807) is 0 Å². The van der Waals surface area contributed by atoms with E-state index in [-0.39, 0.29) is 11.8 Å². The molecule has 0 atom stereocenters. The Balaban J connectivity index is 1.24. The largest absolute Gasteiger partial charge is 0.491 e. The Morgan fingerprint density at radius 3 is 2.00 bits per heavy atom. The third-order valence-corrected chi connectivity index (χ3v) is 6.41. The van der Waals surface area contributed by atoms with Gasteiger partial charge in [0, 0.05) is 32.3 Å². The number of nitrogens with one attached hydrogen (secondary N) is 2. The molecule has 0 aromatic heterocycles. The van der Waals surface area contributed by atoms with Crippen LogP contribution in [-0.4, -0.2) is 51.3 Å². The van der Waals surface area contributed by atoms with Crippen LogP contribution in [0.1, 0.15) is 25.0 Å². The van der Waals surface area contributed by atoms with E-state index in [0.717, 1.165) is 51.4 Å². The molecule has 0 saturated carbocycles. The zero-order valence-electron chi connectivity index (χ0n) is 22.6. The van der Waals surface area contributed by atoms with Crippen molar-refractivity contribution in [3.63, 3.8) is 0 Å². The number of amides is 2. The molecule has 204 valence electrons. The molecule has 0 aliphatic rings. The Morgan fingerprint density at radius 1 is 0.667 bits per heavy atom. The molecular formula is C32H36N2O5. The standard InChI is InChI=1S/C32H36N2O5/c1-23(35)33-16-14-26-7-3-6-25-12-13-29(22-30(25)26)38-20-18-37-19-21-39-31-11-5-10-27-8-4-9-28(32(27)31)15-17-34-24(2)36/h3-13,22H,14-21H2,1-2H3,(H,33,35)(H,34,36). The Hall–Kier alpha value is -4.10. The van der Waals surface area contributed by atoms with Crippen LogP contribution in [0.4, 0.5) is 0 Å². The molecule has 0 radical (unpaired) electrons. The number of hydrogen-bond donors (Lipinski definition) is 2. The number of benzene rings is 4. The Labute approximate surface area is 229 Å². The van der Waals surface area contributed by atoms with E-state index in [2.05, 4.69) is 47.0 Å². The highest BCUT2D eigenvalue weighted by molar-refractivity contribution is 5.91. The van der Waals surface area contributed by atoms with E-state index < -0.39 is 0 Å². The molecule has 4 aromatic rings. The summed E-state index contributed by atoms with van der Waals surface area (Å²) in [6, 6.07) is 24.4. The Morgan fingerprint density at radius 2 is 1.28 bits per heavy atom. The predicted molar refractivity (Wildman–Crippen MR) is 154 cm³/mol. The minimum absolute atomic E-state index is 0.0229. The topological polar surface area (TPSA) is 85.9 Å².